The number of anilines is 1. The highest BCUT2D eigenvalue weighted by Gasteiger charge is 2.31. The fourth-order valence-electron chi connectivity index (χ4n) is 3.48. The quantitative estimate of drug-likeness (QED) is 0.0859. The molecule has 0 saturated carbocycles. The normalized spacial score (nSPS) is 14.7. The van der Waals surface area contributed by atoms with Gasteiger partial charge in [0, 0.05) is 10.5 Å². The van der Waals surface area contributed by atoms with Gasteiger partial charge in [-0.15, -0.1) is 0 Å². The number of hydrazone groups is 1. The van der Waals surface area contributed by atoms with Gasteiger partial charge in [-0.1, -0.05) is 12.2 Å². The Morgan fingerprint density at radius 3 is 2.20 bits per heavy atom. The van der Waals surface area contributed by atoms with Crippen molar-refractivity contribution < 1.29 is 57.3 Å². The number of carboxylic acids is 2. The van der Waals surface area contributed by atoms with E-state index in [0.29, 0.717) is 21.6 Å². The van der Waals surface area contributed by atoms with Crippen molar-refractivity contribution in [1.82, 2.24) is 9.78 Å². The van der Waals surface area contributed by atoms with Crippen LogP contribution in [-0.4, -0.2) is 46.3 Å². The van der Waals surface area contributed by atoms with E-state index in [9.17, 15) is 43.4 Å². The zero-order chi connectivity index (χ0) is 29.9. The number of allylic oxidation sites excluding steroid dienone is 2. The summed E-state index contributed by atoms with van der Waals surface area (Å²) < 4.78 is 36.4. The lowest BCUT2D eigenvalue weighted by atomic mass is 10.1. The van der Waals surface area contributed by atoms with Crippen LogP contribution in [0, 0.1) is 0 Å². The Labute approximate surface area is 233 Å². The summed E-state index contributed by atoms with van der Waals surface area (Å²) in [6, 6.07) is 9.70. The van der Waals surface area contributed by atoms with Crippen LogP contribution < -0.4 is 25.6 Å². The summed E-state index contributed by atoms with van der Waals surface area (Å²) in [6.07, 6.45) is 2.94. The Morgan fingerprint density at radius 2 is 1.63 bits per heavy atom. The predicted molar refractivity (Wildman–Crippen MR) is 129 cm³/mol. The number of rotatable bonds is 10. The van der Waals surface area contributed by atoms with Gasteiger partial charge in [-0.05, 0) is 60.5 Å². The molecule has 0 bridgehead atoms. The Balaban J connectivity index is 1.65. The summed E-state index contributed by atoms with van der Waals surface area (Å²) in [5, 5.41) is 57.5. The highest BCUT2D eigenvalue weighted by atomic mass is 32.2. The fraction of sp³-hybridized carbons (Fsp3) is 0. The molecule has 0 unspecified atom stereocenters. The molecule has 1 aliphatic heterocycles. The zero-order valence-electron chi connectivity index (χ0n) is 19.9. The van der Waals surface area contributed by atoms with Crippen LogP contribution in [0.25, 0.3) is 11.8 Å². The molecular formula is C23H12N4O12S2-4. The van der Waals surface area contributed by atoms with Crippen molar-refractivity contribution in [2.24, 2.45) is 5.10 Å². The lowest BCUT2D eigenvalue weighted by molar-refractivity contribution is -0.777. The fourth-order valence-corrected chi connectivity index (χ4v) is 4.31. The van der Waals surface area contributed by atoms with E-state index in [1.165, 1.54) is 24.3 Å². The smallest absolute Gasteiger partial charge is 0.294 e. The van der Waals surface area contributed by atoms with Crippen molar-refractivity contribution in [2.75, 3.05) is 5.01 Å². The van der Waals surface area contributed by atoms with Crippen LogP contribution in [0.4, 0.5) is 5.69 Å². The summed E-state index contributed by atoms with van der Waals surface area (Å²) in [5.41, 5.74) is -2.44. The number of amides is 1. The molecule has 0 atom stereocenters. The van der Waals surface area contributed by atoms with Crippen LogP contribution in [-0.2, 0) is 29.1 Å². The second-order valence-corrected chi connectivity index (χ2v) is 9.94. The first kappa shape index (κ1) is 29.1. The van der Waals surface area contributed by atoms with E-state index in [1.807, 2.05) is 0 Å². The van der Waals surface area contributed by atoms with Crippen LogP contribution in [0.15, 0.2) is 81.1 Å². The molecule has 18 heteroatoms. The molecule has 0 radical (unpaired) electrons. The third-order valence-corrected chi connectivity index (χ3v) is 6.74. The van der Waals surface area contributed by atoms with Crippen LogP contribution in [0.2, 0.25) is 0 Å². The van der Waals surface area contributed by atoms with Gasteiger partial charge in [-0.2, -0.15) is 28.0 Å². The van der Waals surface area contributed by atoms with Crippen molar-refractivity contribution >= 4 is 57.5 Å². The van der Waals surface area contributed by atoms with E-state index < -0.39 is 61.3 Å². The van der Waals surface area contributed by atoms with E-state index in [0.717, 1.165) is 47.5 Å². The van der Waals surface area contributed by atoms with Crippen molar-refractivity contribution in [3.8, 4) is 11.6 Å². The number of hydrogen-bond acceptors (Lipinski definition) is 14. The van der Waals surface area contributed by atoms with Gasteiger partial charge in [-0.3, -0.25) is 14.4 Å². The lowest BCUT2D eigenvalue weighted by Gasteiger charge is -2.12. The van der Waals surface area contributed by atoms with Gasteiger partial charge in [0.1, 0.15) is 11.4 Å². The predicted octanol–water partition coefficient (Wildman–Crippen LogP) is -2.12. The number of carboxylic acid groups (broad SMARTS) is 2. The summed E-state index contributed by atoms with van der Waals surface area (Å²) in [5.74, 6) is -5.51. The maximum atomic E-state index is 12.9. The summed E-state index contributed by atoms with van der Waals surface area (Å²) >= 11 is 0.582. The van der Waals surface area contributed by atoms with E-state index >= 15 is 0 Å². The average molecular weight is 600 g/mol. The van der Waals surface area contributed by atoms with Gasteiger partial charge in [0.25, 0.3) is 16.0 Å². The van der Waals surface area contributed by atoms with Crippen molar-refractivity contribution in [3.63, 3.8) is 0 Å². The first-order valence-electron chi connectivity index (χ1n) is 10.8. The molecule has 2 aromatic carbocycles. The molecule has 0 saturated heterocycles. The van der Waals surface area contributed by atoms with Crippen LogP contribution >= 0.6 is 12.0 Å². The number of aromatic nitrogens is 2. The highest BCUT2D eigenvalue weighted by molar-refractivity contribution is 7.94. The number of aliphatic carboxylic acids is 1. The van der Waals surface area contributed by atoms with Crippen LogP contribution in [0.3, 0.4) is 0 Å². The monoisotopic (exact) mass is 600 g/mol. The lowest BCUT2D eigenvalue weighted by Crippen LogP contribution is -2.32. The molecule has 4 rings (SSSR count). The Bertz CT molecular complexity index is 1730. The standard InChI is InChI=1S/C23H16N4O12S2/c28-20-16(18(22(30)31)24-26(20)12-4-8-14(9-5-12)40-39-38-34)2-1-3-17-19(23(32)33)25-27(21(17)29)13-6-10-15(11-7-13)41(35,36)37/h1-11,29,34H,(H,30,31)(H,32,33)(H,35,36,37)/p-4/b3-1+,16-2-. The second-order valence-electron chi connectivity index (χ2n) is 7.74. The molecule has 3 aromatic rings. The van der Waals surface area contributed by atoms with E-state index in [1.54, 1.807) is 0 Å². The number of benzene rings is 2. The van der Waals surface area contributed by atoms with Crippen molar-refractivity contribution in [3.05, 3.63) is 77.5 Å². The summed E-state index contributed by atoms with van der Waals surface area (Å²) in [7, 11) is -4.53. The van der Waals surface area contributed by atoms with Gasteiger partial charge in [0.05, 0.1) is 45.8 Å². The van der Waals surface area contributed by atoms with E-state index in [4.69, 9.17) is 4.55 Å². The molecule has 1 aromatic heterocycles. The molecule has 0 aliphatic carbocycles. The zero-order valence-corrected chi connectivity index (χ0v) is 21.5. The largest absolute Gasteiger partial charge is 0.858 e. The third kappa shape index (κ3) is 6.17. The van der Waals surface area contributed by atoms with Crippen LogP contribution in [0.1, 0.15) is 16.1 Å². The SMILES string of the molecule is O=C([O-])C1=NN(c2ccc(SOO[O-])cc2)C(=O)/C1=C\C=C\c1c(C(=O)[O-])nn(-c2ccc(S(=O)(=O)O)cc2)c1[O-]. The molecule has 1 aliphatic rings. The molecule has 0 spiro atoms. The van der Waals surface area contributed by atoms with Gasteiger partial charge in [-0.25, -0.2) is 4.68 Å². The molecular weight excluding hydrogens is 588 g/mol. The second kappa shape index (κ2) is 11.7. The molecule has 1 N–H and O–H groups in total. The topological polar surface area (TPSA) is 250 Å². The van der Waals surface area contributed by atoms with Crippen molar-refractivity contribution in [1.29, 1.82) is 0 Å². The molecule has 2 heterocycles. The summed E-state index contributed by atoms with van der Waals surface area (Å²) in [4.78, 5) is 36.1. The first-order valence-corrected chi connectivity index (χ1v) is 13.0. The van der Waals surface area contributed by atoms with Gasteiger partial charge < -0.3 is 30.2 Å². The van der Waals surface area contributed by atoms with Gasteiger partial charge in [0.15, 0.2) is 0 Å². The number of carbonyl (C=O) groups excluding carboxylic acids is 3. The maximum absolute atomic E-state index is 12.9. The number of carbonyl (C=O) groups is 3. The minimum absolute atomic E-state index is 0.0487. The third-order valence-electron chi connectivity index (χ3n) is 5.29. The number of aromatic carboxylic acids is 1. The maximum Gasteiger partial charge on any atom is 0.294 e. The molecule has 0 fully saturated rings. The Kier molecular flexibility index (Phi) is 8.33. The number of nitrogens with zero attached hydrogens (tertiary/aromatic N) is 4. The Morgan fingerprint density at radius 1 is 1.00 bits per heavy atom. The van der Waals surface area contributed by atoms with E-state index in [-0.39, 0.29) is 11.4 Å². The van der Waals surface area contributed by atoms with E-state index in [2.05, 4.69) is 19.6 Å². The van der Waals surface area contributed by atoms with Crippen LogP contribution in [0.5, 0.6) is 5.88 Å². The summed E-state index contributed by atoms with van der Waals surface area (Å²) in [6.45, 7) is 0. The highest BCUT2D eigenvalue weighted by Crippen LogP contribution is 2.28. The number of hydrogen-bond donors (Lipinski definition) is 1. The molecule has 1 amide bonds. The minimum atomic E-state index is -4.53. The average Bonchev–Trinajstić information content (AvgIpc) is 3.44. The molecule has 212 valence electrons. The van der Waals surface area contributed by atoms with Gasteiger partial charge >= 0.3 is 0 Å². The Hall–Kier alpha value is -4.85. The minimum Gasteiger partial charge on any atom is -0.858 e. The molecule has 41 heavy (non-hydrogen) atoms. The van der Waals surface area contributed by atoms with Crippen molar-refractivity contribution in [2.45, 2.75) is 9.79 Å². The van der Waals surface area contributed by atoms with Gasteiger partial charge in [0.2, 0.25) is 0 Å². The first-order chi connectivity index (χ1) is 19.4. The molecule has 16 nitrogen and oxygen atoms in total.